The smallest absolute Gasteiger partial charge is 0.119 e. The predicted octanol–water partition coefficient (Wildman–Crippen LogP) is 3.57. The van der Waals surface area contributed by atoms with Crippen LogP contribution in [0.2, 0.25) is 0 Å². The minimum absolute atomic E-state index is 0.304. The SMILES string of the molecule is CCNC(Cc1ccoc1)c1ccc(OCC)cc1. The van der Waals surface area contributed by atoms with E-state index in [0.29, 0.717) is 12.6 Å². The van der Waals surface area contributed by atoms with Crippen LogP contribution < -0.4 is 10.1 Å². The molecule has 1 aromatic heterocycles. The van der Waals surface area contributed by atoms with Gasteiger partial charge in [-0.25, -0.2) is 0 Å². The van der Waals surface area contributed by atoms with Gasteiger partial charge in [-0.2, -0.15) is 0 Å². The summed E-state index contributed by atoms with van der Waals surface area (Å²) in [7, 11) is 0. The summed E-state index contributed by atoms with van der Waals surface area (Å²) >= 11 is 0. The fourth-order valence-electron chi connectivity index (χ4n) is 2.16. The number of benzene rings is 1. The number of ether oxygens (including phenoxy) is 1. The van der Waals surface area contributed by atoms with Gasteiger partial charge in [0.2, 0.25) is 0 Å². The first-order valence-corrected chi connectivity index (χ1v) is 6.80. The van der Waals surface area contributed by atoms with Crippen LogP contribution in [0.3, 0.4) is 0 Å². The molecule has 0 aliphatic heterocycles. The molecule has 0 aliphatic rings. The number of rotatable bonds is 7. The molecule has 19 heavy (non-hydrogen) atoms. The Balaban J connectivity index is 2.09. The quantitative estimate of drug-likeness (QED) is 0.825. The average Bonchev–Trinajstić information content (AvgIpc) is 2.93. The van der Waals surface area contributed by atoms with Crippen molar-refractivity contribution in [3.8, 4) is 5.75 Å². The van der Waals surface area contributed by atoms with Crippen molar-refractivity contribution < 1.29 is 9.15 Å². The van der Waals surface area contributed by atoms with Crippen molar-refractivity contribution in [3.63, 3.8) is 0 Å². The number of nitrogens with one attached hydrogen (secondary N) is 1. The third kappa shape index (κ3) is 3.86. The van der Waals surface area contributed by atoms with Crippen LogP contribution in [-0.4, -0.2) is 13.2 Å². The van der Waals surface area contributed by atoms with Gasteiger partial charge in [-0.05, 0) is 49.2 Å². The lowest BCUT2D eigenvalue weighted by atomic mass is 10.0. The molecule has 0 amide bonds. The monoisotopic (exact) mass is 259 g/mol. The van der Waals surface area contributed by atoms with Gasteiger partial charge in [-0.3, -0.25) is 0 Å². The van der Waals surface area contributed by atoms with Crippen molar-refractivity contribution in [2.24, 2.45) is 0 Å². The summed E-state index contributed by atoms with van der Waals surface area (Å²) in [5.74, 6) is 0.921. The minimum atomic E-state index is 0.304. The highest BCUT2D eigenvalue weighted by Gasteiger charge is 2.11. The third-order valence-electron chi connectivity index (χ3n) is 3.06. The summed E-state index contributed by atoms with van der Waals surface area (Å²) in [6.45, 7) is 5.76. The average molecular weight is 259 g/mol. The maximum Gasteiger partial charge on any atom is 0.119 e. The van der Waals surface area contributed by atoms with E-state index in [1.165, 1.54) is 11.1 Å². The number of likely N-dealkylation sites (N-methyl/N-ethyl adjacent to an activating group) is 1. The van der Waals surface area contributed by atoms with Crippen molar-refractivity contribution >= 4 is 0 Å². The summed E-state index contributed by atoms with van der Waals surface area (Å²) in [5.41, 5.74) is 2.48. The number of hydrogen-bond acceptors (Lipinski definition) is 3. The maximum atomic E-state index is 5.47. The molecule has 1 heterocycles. The molecule has 102 valence electrons. The fraction of sp³-hybridized carbons (Fsp3) is 0.375. The number of hydrogen-bond donors (Lipinski definition) is 1. The number of furan rings is 1. The summed E-state index contributed by atoms with van der Waals surface area (Å²) in [6, 6.07) is 10.6. The second-order valence-corrected chi connectivity index (χ2v) is 4.45. The Morgan fingerprint density at radius 2 is 1.95 bits per heavy atom. The van der Waals surface area contributed by atoms with Crippen molar-refractivity contribution in [2.45, 2.75) is 26.3 Å². The molecule has 0 aliphatic carbocycles. The summed E-state index contributed by atoms with van der Waals surface area (Å²) < 4.78 is 10.6. The molecule has 1 atom stereocenters. The Morgan fingerprint density at radius 3 is 2.53 bits per heavy atom. The largest absolute Gasteiger partial charge is 0.494 e. The molecular formula is C16H21NO2. The lowest BCUT2D eigenvalue weighted by Gasteiger charge is -2.18. The molecule has 0 spiro atoms. The van der Waals surface area contributed by atoms with Crippen LogP contribution in [-0.2, 0) is 6.42 Å². The zero-order chi connectivity index (χ0) is 13.5. The van der Waals surface area contributed by atoms with Crippen LogP contribution in [0.4, 0.5) is 0 Å². The van der Waals surface area contributed by atoms with E-state index in [-0.39, 0.29) is 0 Å². The molecule has 1 N–H and O–H groups in total. The highest BCUT2D eigenvalue weighted by molar-refractivity contribution is 5.30. The van der Waals surface area contributed by atoms with Crippen LogP contribution in [0.5, 0.6) is 5.75 Å². The summed E-state index contributed by atoms with van der Waals surface area (Å²) in [6.07, 6.45) is 4.45. The van der Waals surface area contributed by atoms with E-state index in [2.05, 4.69) is 24.4 Å². The zero-order valence-corrected chi connectivity index (χ0v) is 11.6. The van der Waals surface area contributed by atoms with Gasteiger partial charge < -0.3 is 14.5 Å². The van der Waals surface area contributed by atoms with E-state index in [0.717, 1.165) is 18.7 Å². The first-order valence-electron chi connectivity index (χ1n) is 6.80. The Bertz CT molecular complexity index is 462. The van der Waals surface area contributed by atoms with Crippen LogP contribution in [0.1, 0.15) is 31.0 Å². The maximum absolute atomic E-state index is 5.47. The molecule has 0 fully saturated rings. The van der Waals surface area contributed by atoms with Crippen molar-refractivity contribution in [2.75, 3.05) is 13.2 Å². The molecule has 0 saturated heterocycles. The molecule has 0 saturated carbocycles. The van der Waals surface area contributed by atoms with Gasteiger partial charge in [0, 0.05) is 6.04 Å². The predicted molar refractivity (Wildman–Crippen MR) is 76.4 cm³/mol. The Labute approximate surface area is 114 Å². The fourth-order valence-corrected chi connectivity index (χ4v) is 2.16. The van der Waals surface area contributed by atoms with Crippen LogP contribution in [0.15, 0.2) is 47.3 Å². The molecule has 0 bridgehead atoms. The lowest BCUT2D eigenvalue weighted by molar-refractivity contribution is 0.340. The Morgan fingerprint density at radius 1 is 1.16 bits per heavy atom. The molecular weight excluding hydrogens is 238 g/mol. The standard InChI is InChI=1S/C16H21NO2/c1-3-17-16(11-13-9-10-18-12-13)14-5-7-15(8-6-14)19-4-2/h5-10,12,16-17H,3-4,11H2,1-2H3. The normalized spacial score (nSPS) is 12.3. The van der Waals surface area contributed by atoms with Crippen molar-refractivity contribution in [1.82, 2.24) is 5.32 Å². The van der Waals surface area contributed by atoms with Gasteiger partial charge in [0.15, 0.2) is 0 Å². The summed E-state index contributed by atoms with van der Waals surface area (Å²) in [4.78, 5) is 0. The third-order valence-corrected chi connectivity index (χ3v) is 3.06. The zero-order valence-electron chi connectivity index (χ0n) is 11.6. The molecule has 1 aromatic carbocycles. The Kier molecular flexibility index (Phi) is 5.04. The van der Waals surface area contributed by atoms with Gasteiger partial charge in [0.25, 0.3) is 0 Å². The first kappa shape index (κ1) is 13.7. The topological polar surface area (TPSA) is 34.4 Å². The minimum Gasteiger partial charge on any atom is -0.494 e. The van der Waals surface area contributed by atoms with E-state index < -0.39 is 0 Å². The van der Waals surface area contributed by atoms with Crippen LogP contribution >= 0.6 is 0 Å². The molecule has 3 nitrogen and oxygen atoms in total. The van der Waals surface area contributed by atoms with E-state index in [1.54, 1.807) is 12.5 Å². The van der Waals surface area contributed by atoms with Gasteiger partial charge in [0.1, 0.15) is 5.75 Å². The van der Waals surface area contributed by atoms with Crippen molar-refractivity contribution in [1.29, 1.82) is 0 Å². The van der Waals surface area contributed by atoms with Gasteiger partial charge in [-0.1, -0.05) is 19.1 Å². The summed E-state index contributed by atoms with van der Waals surface area (Å²) in [5, 5.41) is 3.51. The van der Waals surface area contributed by atoms with Gasteiger partial charge in [-0.15, -0.1) is 0 Å². The molecule has 0 radical (unpaired) electrons. The van der Waals surface area contributed by atoms with E-state index in [9.17, 15) is 0 Å². The van der Waals surface area contributed by atoms with Crippen LogP contribution in [0, 0.1) is 0 Å². The van der Waals surface area contributed by atoms with Crippen LogP contribution in [0.25, 0.3) is 0 Å². The van der Waals surface area contributed by atoms with E-state index in [1.807, 2.05) is 25.1 Å². The highest BCUT2D eigenvalue weighted by Crippen LogP contribution is 2.21. The highest BCUT2D eigenvalue weighted by atomic mass is 16.5. The second-order valence-electron chi connectivity index (χ2n) is 4.45. The first-order chi connectivity index (χ1) is 9.33. The molecule has 1 unspecified atom stereocenters. The van der Waals surface area contributed by atoms with Crippen molar-refractivity contribution in [3.05, 3.63) is 54.0 Å². The molecule has 3 heteroatoms. The van der Waals surface area contributed by atoms with Gasteiger partial charge >= 0.3 is 0 Å². The van der Waals surface area contributed by atoms with E-state index in [4.69, 9.17) is 9.15 Å². The van der Waals surface area contributed by atoms with Gasteiger partial charge in [0.05, 0.1) is 19.1 Å². The molecule has 2 rings (SSSR count). The molecule has 2 aromatic rings. The second kappa shape index (κ2) is 7.00. The lowest BCUT2D eigenvalue weighted by Crippen LogP contribution is -2.22. The Hall–Kier alpha value is -1.74. The van der Waals surface area contributed by atoms with E-state index >= 15 is 0 Å².